The molecule has 2 fully saturated rings. The molecule has 0 aliphatic heterocycles. The first-order valence-corrected chi connectivity index (χ1v) is 5.88. The number of hydrogen-bond donors (Lipinski definition) is 0. The number of carbonyl (C=O) groups is 1. The van der Waals surface area contributed by atoms with Gasteiger partial charge in [0.1, 0.15) is 0 Å². The number of benzene rings is 1. The van der Waals surface area contributed by atoms with Crippen LogP contribution in [0.5, 0.6) is 0 Å². The number of carbonyl (C=O) groups excluding carboxylic acids is 1. The van der Waals surface area contributed by atoms with Gasteiger partial charge in [0.15, 0.2) is 5.78 Å². The van der Waals surface area contributed by atoms with E-state index in [0.717, 1.165) is 17.9 Å². The summed E-state index contributed by atoms with van der Waals surface area (Å²) in [6, 6.07) is 9.73. The maximum absolute atomic E-state index is 12.0. The highest BCUT2D eigenvalue weighted by molar-refractivity contribution is 5.96. The van der Waals surface area contributed by atoms with Crippen molar-refractivity contribution >= 4 is 5.78 Å². The lowest BCUT2D eigenvalue weighted by molar-refractivity contribution is 0.0952. The summed E-state index contributed by atoms with van der Waals surface area (Å²) in [5.41, 5.74) is 1.33. The van der Waals surface area contributed by atoms with Gasteiger partial charge in [-0.25, -0.2) is 0 Å². The molecule has 1 aromatic carbocycles. The average molecular weight is 200 g/mol. The molecule has 0 aromatic heterocycles. The third-order valence-electron chi connectivity index (χ3n) is 4.19. The van der Waals surface area contributed by atoms with Crippen molar-refractivity contribution in [2.45, 2.75) is 32.1 Å². The van der Waals surface area contributed by atoms with Crippen LogP contribution in [0.3, 0.4) is 0 Å². The first kappa shape index (κ1) is 9.14. The molecule has 0 unspecified atom stereocenters. The van der Waals surface area contributed by atoms with Gasteiger partial charge in [-0.1, -0.05) is 36.8 Å². The van der Waals surface area contributed by atoms with Crippen molar-refractivity contribution in [3.63, 3.8) is 0 Å². The molecular weight excluding hydrogens is 184 g/mol. The standard InChI is InChI=1S/C14H16O/c15-13(11-5-2-1-3-6-11)10-14-8-4-7-12(14)9-14/h1-3,5-6,12H,4,7-10H2/t12-,14-/m1/s1. The molecular formula is C14H16O. The van der Waals surface area contributed by atoms with E-state index in [1.165, 1.54) is 25.7 Å². The molecule has 2 aliphatic carbocycles. The topological polar surface area (TPSA) is 17.1 Å². The second kappa shape index (κ2) is 3.19. The molecule has 0 amide bonds. The van der Waals surface area contributed by atoms with Crippen LogP contribution in [0.25, 0.3) is 0 Å². The summed E-state index contributed by atoms with van der Waals surface area (Å²) in [5.74, 6) is 1.23. The Morgan fingerprint density at radius 1 is 1.33 bits per heavy atom. The molecule has 0 radical (unpaired) electrons. The largest absolute Gasteiger partial charge is 0.294 e. The van der Waals surface area contributed by atoms with Gasteiger partial charge < -0.3 is 0 Å². The van der Waals surface area contributed by atoms with Crippen LogP contribution in [0.4, 0.5) is 0 Å². The minimum atomic E-state index is 0.347. The molecule has 0 heterocycles. The van der Waals surface area contributed by atoms with Gasteiger partial charge in [0.05, 0.1) is 0 Å². The molecule has 1 heteroatoms. The quantitative estimate of drug-likeness (QED) is 0.683. The Balaban J connectivity index is 1.72. The molecule has 78 valence electrons. The van der Waals surface area contributed by atoms with Crippen molar-refractivity contribution in [2.24, 2.45) is 11.3 Å². The zero-order valence-electron chi connectivity index (χ0n) is 8.91. The smallest absolute Gasteiger partial charge is 0.163 e. The van der Waals surface area contributed by atoms with Crippen LogP contribution in [0.2, 0.25) is 0 Å². The number of Topliss-reactive ketones (excluding diaryl/α,β-unsaturated/α-hetero) is 1. The van der Waals surface area contributed by atoms with Crippen molar-refractivity contribution < 1.29 is 4.79 Å². The van der Waals surface area contributed by atoms with Gasteiger partial charge in [0.2, 0.25) is 0 Å². The summed E-state index contributed by atoms with van der Waals surface area (Å²) in [4.78, 5) is 12.0. The third-order valence-corrected chi connectivity index (χ3v) is 4.19. The maximum atomic E-state index is 12.0. The summed E-state index contributed by atoms with van der Waals surface area (Å²) < 4.78 is 0. The molecule has 0 saturated heterocycles. The molecule has 0 N–H and O–H groups in total. The molecule has 2 aliphatic rings. The second-order valence-electron chi connectivity index (χ2n) is 5.12. The fourth-order valence-electron chi connectivity index (χ4n) is 3.20. The van der Waals surface area contributed by atoms with E-state index in [9.17, 15) is 4.79 Å². The fraction of sp³-hybridized carbons (Fsp3) is 0.500. The van der Waals surface area contributed by atoms with Gasteiger partial charge in [0.25, 0.3) is 0 Å². The Hall–Kier alpha value is -1.11. The SMILES string of the molecule is O=C(C[C@]12CCC[C@@H]1C2)c1ccccc1. The van der Waals surface area contributed by atoms with Gasteiger partial charge in [-0.3, -0.25) is 4.79 Å². The fourth-order valence-corrected chi connectivity index (χ4v) is 3.20. The molecule has 0 spiro atoms. The van der Waals surface area contributed by atoms with Crippen LogP contribution in [0, 0.1) is 11.3 Å². The minimum absolute atomic E-state index is 0.347. The number of ketones is 1. The third kappa shape index (κ3) is 1.50. The molecule has 1 aromatic rings. The van der Waals surface area contributed by atoms with Crippen LogP contribution in [0.1, 0.15) is 42.5 Å². The van der Waals surface area contributed by atoms with Gasteiger partial charge in [0, 0.05) is 12.0 Å². The Morgan fingerprint density at radius 2 is 2.13 bits per heavy atom. The van der Waals surface area contributed by atoms with Crippen molar-refractivity contribution in [3.05, 3.63) is 35.9 Å². The summed E-state index contributed by atoms with van der Waals surface area (Å²) in [7, 11) is 0. The van der Waals surface area contributed by atoms with Gasteiger partial charge in [-0.15, -0.1) is 0 Å². The molecule has 0 bridgehead atoms. The number of hydrogen-bond acceptors (Lipinski definition) is 1. The lowest BCUT2D eigenvalue weighted by Gasteiger charge is -2.10. The van der Waals surface area contributed by atoms with E-state index in [-0.39, 0.29) is 0 Å². The van der Waals surface area contributed by atoms with Crippen molar-refractivity contribution in [3.8, 4) is 0 Å². The Kier molecular flexibility index (Phi) is 1.95. The number of rotatable bonds is 3. The lowest BCUT2D eigenvalue weighted by Crippen LogP contribution is -2.08. The highest BCUT2D eigenvalue weighted by Gasteiger charge is 2.57. The molecule has 15 heavy (non-hydrogen) atoms. The maximum Gasteiger partial charge on any atom is 0.163 e. The second-order valence-corrected chi connectivity index (χ2v) is 5.12. The van der Waals surface area contributed by atoms with Crippen molar-refractivity contribution in [2.75, 3.05) is 0 Å². The normalized spacial score (nSPS) is 32.4. The van der Waals surface area contributed by atoms with Gasteiger partial charge in [-0.05, 0) is 30.6 Å². The van der Waals surface area contributed by atoms with E-state index in [1.54, 1.807) is 0 Å². The van der Waals surface area contributed by atoms with Crippen LogP contribution >= 0.6 is 0 Å². The van der Waals surface area contributed by atoms with E-state index in [0.29, 0.717) is 11.2 Å². The van der Waals surface area contributed by atoms with E-state index in [2.05, 4.69) is 0 Å². The van der Waals surface area contributed by atoms with Crippen LogP contribution in [0.15, 0.2) is 30.3 Å². The first-order valence-electron chi connectivity index (χ1n) is 5.88. The van der Waals surface area contributed by atoms with E-state index < -0.39 is 0 Å². The van der Waals surface area contributed by atoms with E-state index >= 15 is 0 Å². The number of fused-ring (bicyclic) bond motifs is 1. The summed E-state index contributed by atoms with van der Waals surface area (Å²) in [5, 5.41) is 0. The Bertz CT molecular complexity index is 382. The highest BCUT2D eigenvalue weighted by Crippen LogP contribution is 2.65. The molecule has 1 nitrogen and oxygen atoms in total. The monoisotopic (exact) mass is 200 g/mol. The van der Waals surface area contributed by atoms with Crippen molar-refractivity contribution in [1.29, 1.82) is 0 Å². The van der Waals surface area contributed by atoms with Crippen LogP contribution < -0.4 is 0 Å². The lowest BCUT2D eigenvalue weighted by atomic mass is 9.93. The summed E-state index contributed by atoms with van der Waals surface area (Å²) in [6.45, 7) is 0. The predicted octanol–water partition coefficient (Wildman–Crippen LogP) is 3.45. The average Bonchev–Trinajstić information content (AvgIpc) is 2.81. The zero-order chi connectivity index (χ0) is 10.3. The highest BCUT2D eigenvalue weighted by atomic mass is 16.1. The predicted molar refractivity (Wildman–Crippen MR) is 59.8 cm³/mol. The molecule has 3 rings (SSSR count). The summed E-state index contributed by atoms with van der Waals surface area (Å²) >= 11 is 0. The van der Waals surface area contributed by atoms with E-state index in [1.807, 2.05) is 30.3 Å². The van der Waals surface area contributed by atoms with E-state index in [4.69, 9.17) is 0 Å². The minimum Gasteiger partial charge on any atom is -0.294 e. The van der Waals surface area contributed by atoms with Gasteiger partial charge >= 0.3 is 0 Å². The van der Waals surface area contributed by atoms with Crippen molar-refractivity contribution in [1.82, 2.24) is 0 Å². The first-order chi connectivity index (χ1) is 7.30. The molecule has 2 atom stereocenters. The van der Waals surface area contributed by atoms with Gasteiger partial charge in [-0.2, -0.15) is 0 Å². The summed E-state index contributed by atoms with van der Waals surface area (Å²) in [6.07, 6.45) is 6.10. The Morgan fingerprint density at radius 3 is 2.73 bits per heavy atom. The Labute approximate surface area is 90.5 Å². The van der Waals surface area contributed by atoms with Crippen LogP contribution in [-0.4, -0.2) is 5.78 Å². The molecule has 2 saturated carbocycles. The van der Waals surface area contributed by atoms with Crippen LogP contribution in [-0.2, 0) is 0 Å². The zero-order valence-corrected chi connectivity index (χ0v) is 8.91.